The van der Waals surface area contributed by atoms with Crippen LogP contribution in [0.3, 0.4) is 0 Å². The van der Waals surface area contributed by atoms with Crippen molar-refractivity contribution in [3.05, 3.63) is 64.2 Å². The van der Waals surface area contributed by atoms with Crippen LogP contribution < -0.4 is 4.72 Å². The molecule has 9 heteroatoms. The number of nitrogens with zero attached hydrogens (tertiary/aromatic N) is 2. The molecular formula is C19H21N3O5S. The minimum absolute atomic E-state index is 0.0858. The fourth-order valence-electron chi connectivity index (χ4n) is 3.28. The van der Waals surface area contributed by atoms with Crippen LogP contribution in [0, 0.1) is 10.1 Å². The molecule has 148 valence electrons. The third kappa shape index (κ3) is 4.14. The first-order chi connectivity index (χ1) is 13.3. The summed E-state index contributed by atoms with van der Waals surface area (Å²) >= 11 is 0. The molecule has 1 atom stereocenters. The smallest absolute Gasteiger partial charge is 0.270 e. The van der Waals surface area contributed by atoms with Crippen molar-refractivity contribution in [2.45, 2.75) is 37.1 Å². The number of carbonyl (C=O) groups excluding carboxylic acids is 1. The molecule has 0 saturated carbocycles. The first kappa shape index (κ1) is 19.8. The van der Waals surface area contributed by atoms with Crippen molar-refractivity contribution in [2.24, 2.45) is 0 Å². The second-order valence-electron chi connectivity index (χ2n) is 6.75. The van der Waals surface area contributed by atoms with E-state index in [1.807, 2.05) is 6.92 Å². The molecule has 3 rings (SSSR count). The average molecular weight is 403 g/mol. The largest absolute Gasteiger partial charge is 0.336 e. The fraction of sp³-hybridized carbons (Fsp3) is 0.316. The van der Waals surface area contributed by atoms with Crippen molar-refractivity contribution < 1.29 is 18.1 Å². The predicted octanol–water partition coefficient (Wildman–Crippen LogP) is 3.41. The Morgan fingerprint density at radius 2 is 1.93 bits per heavy atom. The number of piperidine rings is 1. The molecule has 0 spiro atoms. The number of carbonyl (C=O) groups is 1. The molecule has 28 heavy (non-hydrogen) atoms. The molecule has 2 aromatic rings. The van der Waals surface area contributed by atoms with E-state index >= 15 is 0 Å². The quantitative estimate of drug-likeness (QED) is 0.608. The number of amides is 1. The van der Waals surface area contributed by atoms with Gasteiger partial charge in [0.2, 0.25) is 0 Å². The van der Waals surface area contributed by atoms with Crippen LogP contribution in [0.15, 0.2) is 53.4 Å². The van der Waals surface area contributed by atoms with Crippen molar-refractivity contribution >= 4 is 27.3 Å². The zero-order chi connectivity index (χ0) is 20.3. The number of benzene rings is 2. The first-order valence-corrected chi connectivity index (χ1v) is 10.4. The Labute approximate surface area is 163 Å². The molecule has 8 nitrogen and oxygen atoms in total. The van der Waals surface area contributed by atoms with Crippen molar-refractivity contribution in [2.75, 3.05) is 11.3 Å². The van der Waals surface area contributed by atoms with E-state index in [0.29, 0.717) is 6.54 Å². The standard InChI is InChI=1S/C19H21N3O5S/c1-14-7-4-5-12-21(14)19(23)17-10-2-3-11-18(17)20-28(26,27)16-9-6-8-15(13-16)22(24)25/h2-3,6,8-11,13-14,20H,4-5,7,12H2,1H3/t14-/m0/s1. The number of rotatable bonds is 5. The second-order valence-corrected chi connectivity index (χ2v) is 8.43. The Morgan fingerprint density at radius 3 is 2.64 bits per heavy atom. The molecule has 1 aliphatic rings. The monoisotopic (exact) mass is 403 g/mol. The number of nitro benzene ring substituents is 1. The summed E-state index contributed by atoms with van der Waals surface area (Å²) in [5.41, 5.74) is 0.0800. The molecule has 1 fully saturated rings. The maximum Gasteiger partial charge on any atom is 0.270 e. The third-order valence-corrected chi connectivity index (χ3v) is 6.17. The van der Waals surface area contributed by atoms with Crippen LogP contribution in [-0.4, -0.2) is 36.7 Å². The average Bonchev–Trinajstić information content (AvgIpc) is 2.68. The molecule has 1 heterocycles. The fourth-order valence-corrected chi connectivity index (χ4v) is 4.40. The Morgan fingerprint density at radius 1 is 1.18 bits per heavy atom. The Balaban J connectivity index is 1.92. The van der Waals surface area contributed by atoms with Crippen LogP contribution >= 0.6 is 0 Å². The number of hydrogen-bond donors (Lipinski definition) is 1. The molecule has 0 unspecified atom stereocenters. The number of anilines is 1. The van der Waals surface area contributed by atoms with Gasteiger partial charge in [-0.1, -0.05) is 18.2 Å². The van der Waals surface area contributed by atoms with Crippen molar-refractivity contribution in [1.29, 1.82) is 0 Å². The Hall–Kier alpha value is -2.94. The van der Waals surface area contributed by atoms with Crippen molar-refractivity contribution in [3.63, 3.8) is 0 Å². The van der Waals surface area contributed by atoms with E-state index in [-0.39, 0.29) is 33.8 Å². The maximum atomic E-state index is 13.0. The van der Waals surface area contributed by atoms with Crippen molar-refractivity contribution in [1.82, 2.24) is 4.90 Å². The predicted molar refractivity (Wildman–Crippen MR) is 105 cm³/mol. The van der Waals surface area contributed by atoms with E-state index in [0.717, 1.165) is 25.3 Å². The van der Waals surface area contributed by atoms with Crippen LogP contribution in [0.1, 0.15) is 36.5 Å². The molecule has 0 bridgehead atoms. The lowest BCUT2D eigenvalue weighted by Gasteiger charge is -2.34. The minimum atomic E-state index is -4.09. The highest BCUT2D eigenvalue weighted by molar-refractivity contribution is 7.92. The minimum Gasteiger partial charge on any atom is -0.336 e. The second kappa shape index (κ2) is 7.97. The lowest BCUT2D eigenvalue weighted by Crippen LogP contribution is -2.42. The van der Waals surface area contributed by atoms with Gasteiger partial charge >= 0.3 is 0 Å². The van der Waals surface area contributed by atoms with Gasteiger partial charge in [0.15, 0.2) is 0 Å². The molecular weight excluding hydrogens is 382 g/mol. The van der Waals surface area contributed by atoms with Gasteiger partial charge in [-0.05, 0) is 44.4 Å². The Bertz CT molecular complexity index is 1010. The summed E-state index contributed by atoms with van der Waals surface area (Å²) in [5.74, 6) is -0.232. The summed E-state index contributed by atoms with van der Waals surface area (Å²) in [4.78, 5) is 24.8. The number of sulfonamides is 1. The normalized spacial score (nSPS) is 17.2. The SMILES string of the molecule is C[C@H]1CCCCN1C(=O)c1ccccc1NS(=O)(=O)c1cccc([N+](=O)[O-])c1. The lowest BCUT2D eigenvalue weighted by atomic mass is 10.0. The van der Waals surface area contributed by atoms with E-state index < -0.39 is 14.9 Å². The van der Waals surface area contributed by atoms with Crippen LogP contribution in [0.25, 0.3) is 0 Å². The molecule has 1 saturated heterocycles. The molecule has 0 aromatic heterocycles. The van der Waals surface area contributed by atoms with Gasteiger partial charge in [0.05, 0.1) is 21.1 Å². The molecule has 1 aliphatic heterocycles. The summed E-state index contributed by atoms with van der Waals surface area (Å²) in [6.45, 7) is 2.61. The topological polar surface area (TPSA) is 110 Å². The third-order valence-electron chi connectivity index (χ3n) is 4.80. The number of hydrogen-bond acceptors (Lipinski definition) is 5. The number of para-hydroxylation sites is 1. The van der Waals surface area contributed by atoms with Gasteiger partial charge in [-0.25, -0.2) is 8.42 Å². The summed E-state index contributed by atoms with van der Waals surface area (Å²) in [6, 6.07) is 11.3. The van der Waals surface area contributed by atoms with E-state index in [4.69, 9.17) is 0 Å². The number of likely N-dealkylation sites (tertiary alicyclic amines) is 1. The highest BCUT2D eigenvalue weighted by atomic mass is 32.2. The Kier molecular flexibility index (Phi) is 5.64. The molecule has 1 N–H and O–H groups in total. The van der Waals surface area contributed by atoms with Crippen LogP contribution in [0.2, 0.25) is 0 Å². The summed E-state index contributed by atoms with van der Waals surface area (Å²) in [7, 11) is -4.09. The van der Waals surface area contributed by atoms with Gasteiger partial charge in [0.25, 0.3) is 21.6 Å². The highest BCUT2D eigenvalue weighted by Gasteiger charge is 2.27. The molecule has 1 amide bonds. The van der Waals surface area contributed by atoms with Gasteiger partial charge in [0, 0.05) is 24.7 Å². The maximum absolute atomic E-state index is 13.0. The number of nitrogens with one attached hydrogen (secondary N) is 1. The van der Waals surface area contributed by atoms with Crippen LogP contribution in [0.4, 0.5) is 11.4 Å². The molecule has 2 aromatic carbocycles. The first-order valence-electron chi connectivity index (χ1n) is 8.97. The zero-order valence-electron chi connectivity index (χ0n) is 15.4. The van der Waals surface area contributed by atoms with E-state index in [2.05, 4.69) is 4.72 Å². The van der Waals surface area contributed by atoms with Gasteiger partial charge in [-0.2, -0.15) is 0 Å². The zero-order valence-corrected chi connectivity index (χ0v) is 16.2. The van der Waals surface area contributed by atoms with E-state index in [9.17, 15) is 23.3 Å². The van der Waals surface area contributed by atoms with Gasteiger partial charge in [-0.3, -0.25) is 19.6 Å². The van der Waals surface area contributed by atoms with Crippen LogP contribution in [-0.2, 0) is 10.0 Å². The van der Waals surface area contributed by atoms with E-state index in [1.165, 1.54) is 24.3 Å². The molecule has 0 radical (unpaired) electrons. The van der Waals surface area contributed by atoms with Crippen molar-refractivity contribution in [3.8, 4) is 0 Å². The van der Waals surface area contributed by atoms with Gasteiger partial charge in [0.1, 0.15) is 0 Å². The number of nitro groups is 1. The summed E-state index contributed by atoms with van der Waals surface area (Å²) < 4.78 is 27.9. The summed E-state index contributed by atoms with van der Waals surface area (Å²) in [6.07, 6.45) is 2.89. The molecule has 0 aliphatic carbocycles. The van der Waals surface area contributed by atoms with Gasteiger partial charge in [-0.15, -0.1) is 0 Å². The van der Waals surface area contributed by atoms with Crippen LogP contribution in [0.5, 0.6) is 0 Å². The lowest BCUT2D eigenvalue weighted by molar-refractivity contribution is -0.385. The number of non-ortho nitro benzene ring substituents is 1. The highest BCUT2D eigenvalue weighted by Crippen LogP contribution is 2.26. The van der Waals surface area contributed by atoms with Gasteiger partial charge < -0.3 is 4.90 Å². The summed E-state index contributed by atoms with van der Waals surface area (Å²) in [5, 5.41) is 10.9. The van der Waals surface area contributed by atoms with E-state index in [1.54, 1.807) is 23.1 Å².